The van der Waals surface area contributed by atoms with Gasteiger partial charge < -0.3 is 10.3 Å². The predicted molar refractivity (Wildman–Crippen MR) is 71.2 cm³/mol. The smallest absolute Gasteiger partial charge is 0.201 e. The van der Waals surface area contributed by atoms with Crippen LogP contribution < -0.4 is 5.73 Å². The van der Waals surface area contributed by atoms with Gasteiger partial charge in [-0.25, -0.2) is 9.37 Å². The topological polar surface area (TPSA) is 43.8 Å². The highest BCUT2D eigenvalue weighted by molar-refractivity contribution is 6.31. The van der Waals surface area contributed by atoms with Crippen molar-refractivity contribution in [3.63, 3.8) is 0 Å². The maximum Gasteiger partial charge on any atom is 0.201 e. The molecular formula is C13H15ClFN3. The molecule has 2 unspecified atom stereocenters. The molecule has 0 amide bonds. The molecule has 2 atom stereocenters. The fourth-order valence-corrected chi connectivity index (χ4v) is 2.84. The molecule has 0 radical (unpaired) electrons. The number of hydrogen-bond donors (Lipinski definition) is 1. The fraction of sp³-hybridized carbons (Fsp3) is 0.462. The largest absolute Gasteiger partial charge is 0.369 e. The summed E-state index contributed by atoms with van der Waals surface area (Å²) in [5, 5.41) is 0.0908. The van der Waals surface area contributed by atoms with Crippen LogP contribution in [0.25, 0.3) is 11.0 Å². The lowest BCUT2D eigenvalue weighted by Gasteiger charge is -2.05. The molecule has 3 rings (SSSR count). The van der Waals surface area contributed by atoms with Gasteiger partial charge in [0.2, 0.25) is 5.95 Å². The molecule has 1 aliphatic carbocycles. The highest BCUT2D eigenvalue weighted by atomic mass is 35.5. The standard InChI is InChI=1S/C13H15ClFN3/c1-2-3-7-4-11(7)18-12-6-9(15)8(14)5-10(12)17-13(18)16/h5-7,11H,2-4H2,1H3,(H2,16,17). The molecule has 5 heteroatoms. The summed E-state index contributed by atoms with van der Waals surface area (Å²) < 4.78 is 15.5. The van der Waals surface area contributed by atoms with Crippen LogP contribution >= 0.6 is 11.6 Å². The fourth-order valence-electron chi connectivity index (χ4n) is 2.69. The van der Waals surface area contributed by atoms with Crippen LogP contribution in [-0.2, 0) is 0 Å². The number of nitrogen functional groups attached to an aromatic ring is 1. The molecular weight excluding hydrogens is 253 g/mol. The summed E-state index contributed by atoms with van der Waals surface area (Å²) in [6, 6.07) is 3.34. The number of halogens is 2. The van der Waals surface area contributed by atoms with E-state index in [1.165, 1.54) is 18.6 Å². The second kappa shape index (κ2) is 4.12. The van der Waals surface area contributed by atoms with Gasteiger partial charge in [-0.15, -0.1) is 0 Å². The average Bonchev–Trinajstić information content (AvgIpc) is 2.98. The van der Waals surface area contributed by atoms with Gasteiger partial charge in [0.15, 0.2) is 0 Å². The molecule has 0 saturated heterocycles. The van der Waals surface area contributed by atoms with Crippen LogP contribution in [0, 0.1) is 11.7 Å². The zero-order valence-corrected chi connectivity index (χ0v) is 10.9. The van der Waals surface area contributed by atoms with Crippen molar-refractivity contribution in [3.05, 3.63) is 23.0 Å². The van der Waals surface area contributed by atoms with Gasteiger partial charge in [-0.2, -0.15) is 0 Å². The Balaban J connectivity index is 2.07. The molecule has 1 saturated carbocycles. The molecule has 96 valence electrons. The van der Waals surface area contributed by atoms with Crippen LogP contribution in [0.3, 0.4) is 0 Å². The molecule has 0 spiro atoms. The number of benzene rings is 1. The first kappa shape index (κ1) is 11.8. The zero-order chi connectivity index (χ0) is 12.9. The summed E-state index contributed by atoms with van der Waals surface area (Å²) in [6.45, 7) is 2.17. The summed E-state index contributed by atoms with van der Waals surface area (Å²) >= 11 is 5.76. The van der Waals surface area contributed by atoms with Gasteiger partial charge in [0.1, 0.15) is 5.82 Å². The van der Waals surface area contributed by atoms with E-state index in [9.17, 15) is 4.39 Å². The van der Waals surface area contributed by atoms with E-state index in [1.807, 2.05) is 4.57 Å². The molecule has 2 aromatic rings. The average molecular weight is 268 g/mol. The van der Waals surface area contributed by atoms with E-state index in [1.54, 1.807) is 0 Å². The zero-order valence-electron chi connectivity index (χ0n) is 10.2. The Morgan fingerprint density at radius 2 is 2.33 bits per heavy atom. The third-order valence-electron chi connectivity index (χ3n) is 3.64. The number of aromatic nitrogens is 2. The number of anilines is 1. The molecule has 3 nitrogen and oxygen atoms in total. The highest BCUT2D eigenvalue weighted by Gasteiger charge is 2.39. The summed E-state index contributed by atoms with van der Waals surface area (Å²) in [7, 11) is 0. The summed E-state index contributed by atoms with van der Waals surface area (Å²) in [5.74, 6) is 0.682. The van der Waals surface area contributed by atoms with E-state index in [0.29, 0.717) is 23.4 Å². The second-order valence-corrected chi connectivity index (χ2v) is 5.35. The summed E-state index contributed by atoms with van der Waals surface area (Å²) in [6.07, 6.45) is 3.45. The molecule has 2 N–H and O–H groups in total. The van der Waals surface area contributed by atoms with Crippen LogP contribution in [0.5, 0.6) is 0 Å². The van der Waals surface area contributed by atoms with Gasteiger partial charge in [-0.05, 0) is 24.8 Å². The van der Waals surface area contributed by atoms with Crippen molar-refractivity contribution in [2.45, 2.75) is 32.2 Å². The number of hydrogen-bond acceptors (Lipinski definition) is 2. The number of fused-ring (bicyclic) bond motifs is 1. The Hall–Kier alpha value is -1.29. The minimum absolute atomic E-state index is 0.0908. The van der Waals surface area contributed by atoms with E-state index < -0.39 is 5.82 Å². The maximum absolute atomic E-state index is 13.6. The van der Waals surface area contributed by atoms with Crippen molar-refractivity contribution >= 4 is 28.6 Å². The molecule has 1 aromatic carbocycles. The quantitative estimate of drug-likeness (QED) is 0.920. The van der Waals surface area contributed by atoms with Crippen molar-refractivity contribution in [3.8, 4) is 0 Å². The van der Waals surface area contributed by atoms with E-state index in [-0.39, 0.29) is 5.02 Å². The van der Waals surface area contributed by atoms with E-state index in [2.05, 4.69) is 11.9 Å². The monoisotopic (exact) mass is 267 g/mol. The predicted octanol–water partition coefficient (Wildman–Crippen LogP) is 3.77. The first-order valence-electron chi connectivity index (χ1n) is 6.24. The lowest BCUT2D eigenvalue weighted by molar-refractivity contribution is 0.615. The Kier molecular flexibility index (Phi) is 2.70. The molecule has 0 bridgehead atoms. The van der Waals surface area contributed by atoms with Crippen molar-refractivity contribution in [2.75, 3.05) is 5.73 Å². The molecule has 0 aliphatic heterocycles. The van der Waals surface area contributed by atoms with Crippen molar-refractivity contribution in [2.24, 2.45) is 5.92 Å². The lowest BCUT2D eigenvalue weighted by Crippen LogP contribution is -2.02. The first-order chi connectivity index (χ1) is 8.61. The van der Waals surface area contributed by atoms with Gasteiger partial charge in [0.25, 0.3) is 0 Å². The Morgan fingerprint density at radius 1 is 1.56 bits per heavy atom. The van der Waals surface area contributed by atoms with Gasteiger partial charge in [-0.1, -0.05) is 24.9 Å². The third-order valence-corrected chi connectivity index (χ3v) is 3.92. The van der Waals surface area contributed by atoms with Crippen LogP contribution in [0.4, 0.5) is 10.3 Å². The lowest BCUT2D eigenvalue weighted by atomic mass is 10.2. The summed E-state index contributed by atoms with van der Waals surface area (Å²) in [5.41, 5.74) is 7.35. The summed E-state index contributed by atoms with van der Waals surface area (Å²) in [4.78, 5) is 4.26. The third kappa shape index (κ3) is 1.75. The van der Waals surface area contributed by atoms with Gasteiger partial charge in [0.05, 0.1) is 16.1 Å². The van der Waals surface area contributed by atoms with Gasteiger partial charge in [-0.3, -0.25) is 0 Å². The number of nitrogens with zero attached hydrogens (tertiary/aromatic N) is 2. The second-order valence-electron chi connectivity index (χ2n) is 4.95. The van der Waals surface area contributed by atoms with Crippen LogP contribution in [0.2, 0.25) is 5.02 Å². The van der Waals surface area contributed by atoms with Crippen LogP contribution in [0.15, 0.2) is 12.1 Å². The minimum Gasteiger partial charge on any atom is -0.369 e. The molecule has 1 heterocycles. The van der Waals surface area contributed by atoms with Crippen molar-refractivity contribution in [1.82, 2.24) is 9.55 Å². The molecule has 1 aliphatic rings. The van der Waals surface area contributed by atoms with Crippen molar-refractivity contribution < 1.29 is 4.39 Å². The van der Waals surface area contributed by atoms with Crippen LogP contribution in [0.1, 0.15) is 32.2 Å². The Labute approximate surface area is 110 Å². The molecule has 1 fully saturated rings. The number of rotatable bonds is 3. The molecule has 18 heavy (non-hydrogen) atoms. The molecule has 1 aromatic heterocycles. The first-order valence-corrected chi connectivity index (χ1v) is 6.62. The highest BCUT2D eigenvalue weighted by Crippen LogP contribution is 2.49. The Bertz CT molecular complexity index is 608. The number of nitrogens with two attached hydrogens (primary N) is 1. The maximum atomic E-state index is 13.6. The van der Waals surface area contributed by atoms with E-state index in [4.69, 9.17) is 17.3 Å². The van der Waals surface area contributed by atoms with Crippen LogP contribution in [-0.4, -0.2) is 9.55 Å². The van der Waals surface area contributed by atoms with Crippen molar-refractivity contribution in [1.29, 1.82) is 0 Å². The SMILES string of the molecule is CCCC1CC1n1c(N)nc2cc(Cl)c(F)cc21. The van der Waals surface area contributed by atoms with Gasteiger partial charge in [0, 0.05) is 12.1 Å². The van der Waals surface area contributed by atoms with Gasteiger partial charge >= 0.3 is 0 Å². The normalized spacial score (nSPS) is 22.6. The minimum atomic E-state index is -0.419. The van der Waals surface area contributed by atoms with E-state index in [0.717, 1.165) is 18.4 Å². The number of imidazole rings is 1. The Morgan fingerprint density at radius 3 is 3.06 bits per heavy atom. The van der Waals surface area contributed by atoms with E-state index >= 15 is 0 Å².